The highest BCUT2D eigenvalue weighted by molar-refractivity contribution is 7.48. The van der Waals surface area contributed by atoms with Crippen LogP contribution in [0.4, 0.5) is 5.82 Å². The number of phosphoric ester groups is 1. The fourth-order valence-corrected chi connectivity index (χ4v) is 5.04. The summed E-state index contributed by atoms with van der Waals surface area (Å²) in [6.45, 7) is 5.45. The lowest BCUT2D eigenvalue weighted by atomic mass is 10.0. The van der Waals surface area contributed by atoms with Crippen LogP contribution < -0.4 is 5.73 Å². The average molecular weight is 404 g/mol. The van der Waals surface area contributed by atoms with Crippen LogP contribution in [0.25, 0.3) is 11.2 Å². The average Bonchev–Trinajstić information content (AvgIpc) is 3.07. The monoisotopic (exact) mass is 403 g/mol. The van der Waals surface area contributed by atoms with Crippen molar-refractivity contribution in [3.05, 3.63) is 11.6 Å². The van der Waals surface area contributed by atoms with E-state index in [4.69, 9.17) is 35.6 Å². The third-order valence-corrected chi connectivity index (χ3v) is 6.15. The number of anilines is 1. The van der Waals surface area contributed by atoms with Gasteiger partial charge >= 0.3 is 7.82 Å². The van der Waals surface area contributed by atoms with E-state index in [0.29, 0.717) is 17.6 Å². The van der Waals surface area contributed by atoms with E-state index in [1.54, 1.807) is 24.7 Å². The molecule has 10 nitrogen and oxygen atoms in total. The molecule has 0 bridgehead atoms. The lowest BCUT2D eigenvalue weighted by molar-refractivity contribution is -0.137. The summed E-state index contributed by atoms with van der Waals surface area (Å²) in [7, 11) is -3.62. The summed E-state index contributed by atoms with van der Waals surface area (Å²) in [6, 6.07) is 0. The summed E-state index contributed by atoms with van der Waals surface area (Å²) in [6.07, 6.45) is 0.746. The van der Waals surface area contributed by atoms with Gasteiger partial charge in [0.15, 0.2) is 11.5 Å². The number of phosphoric acid groups is 1. The molecule has 26 heavy (non-hydrogen) atoms. The lowest BCUT2D eigenvalue weighted by Crippen LogP contribution is -2.45. The molecule has 142 valence electrons. The molecule has 2 aliphatic heterocycles. The van der Waals surface area contributed by atoms with Crippen molar-refractivity contribution in [1.82, 2.24) is 19.5 Å². The Morgan fingerprint density at radius 2 is 2.27 bits per heavy atom. The Labute approximate surface area is 154 Å². The Hall–Kier alpha value is -1.29. The minimum Gasteiger partial charge on any atom is -0.382 e. The van der Waals surface area contributed by atoms with Gasteiger partial charge in [-0.25, -0.2) is 9.55 Å². The number of aromatic nitrogens is 4. The summed E-state index contributed by atoms with van der Waals surface area (Å²) in [5, 5.41) is 0.0211. The number of hydrogen-bond acceptors (Lipinski definition) is 9. The molecule has 2 aromatic heterocycles. The van der Waals surface area contributed by atoms with Gasteiger partial charge in [-0.2, -0.15) is 9.97 Å². The highest BCUT2D eigenvalue weighted by Gasteiger charge is 2.55. The number of hydrogen-bond donors (Lipinski definition) is 1. The molecular formula is C14H19ClN5O5P. The number of nitrogens with zero attached hydrogens (tertiary/aromatic N) is 4. The molecule has 12 heteroatoms. The van der Waals surface area contributed by atoms with Crippen molar-refractivity contribution in [2.45, 2.75) is 51.2 Å². The van der Waals surface area contributed by atoms with Crippen LogP contribution in [-0.2, 0) is 22.9 Å². The first kappa shape index (κ1) is 18.1. The number of nitrogens with two attached hydrogens (primary N) is 1. The maximum Gasteiger partial charge on any atom is 0.475 e. The van der Waals surface area contributed by atoms with E-state index in [0.717, 1.165) is 0 Å². The van der Waals surface area contributed by atoms with Gasteiger partial charge in [0, 0.05) is 6.42 Å². The van der Waals surface area contributed by atoms with Crippen molar-refractivity contribution in [3.8, 4) is 0 Å². The zero-order valence-corrected chi connectivity index (χ0v) is 16.1. The van der Waals surface area contributed by atoms with E-state index < -0.39 is 25.8 Å². The van der Waals surface area contributed by atoms with Gasteiger partial charge < -0.3 is 10.5 Å². The van der Waals surface area contributed by atoms with E-state index in [9.17, 15) is 4.57 Å². The van der Waals surface area contributed by atoms with Gasteiger partial charge in [-0.05, 0) is 32.4 Å². The van der Waals surface area contributed by atoms with Crippen LogP contribution in [0, 0.1) is 0 Å². The first-order valence-corrected chi connectivity index (χ1v) is 9.98. The zero-order valence-electron chi connectivity index (χ0n) is 14.5. The minimum absolute atomic E-state index is 0.0211. The molecular weight excluding hydrogens is 385 g/mol. The molecule has 2 fully saturated rings. The van der Waals surface area contributed by atoms with Crippen LogP contribution in [0.5, 0.6) is 0 Å². The summed E-state index contributed by atoms with van der Waals surface area (Å²) in [5.74, 6) is 0.190. The molecule has 4 atom stereocenters. The van der Waals surface area contributed by atoms with E-state index in [-0.39, 0.29) is 23.8 Å². The second-order valence-corrected chi connectivity index (χ2v) is 8.70. The minimum atomic E-state index is -3.62. The summed E-state index contributed by atoms with van der Waals surface area (Å²) in [5.41, 5.74) is 5.95. The zero-order chi connectivity index (χ0) is 18.7. The van der Waals surface area contributed by atoms with Crippen LogP contribution >= 0.6 is 19.4 Å². The van der Waals surface area contributed by atoms with Gasteiger partial charge in [0.25, 0.3) is 0 Å². The molecule has 2 saturated heterocycles. The number of ether oxygens (including phenoxy) is 1. The summed E-state index contributed by atoms with van der Waals surface area (Å²) < 4.78 is 36.9. The predicted molar refractivity (Wildman–Crippen MR) is 92.5 cm³/mol. The van der Waals surface area contributed by atoms with Gasteiger partial charge in [-0.15, -0.1) is 0 Å². The molecule has 0 radical (unpaired) electrons. The highest BCUT2D eigenvalue weighted by Crippen LogP contribution is 2.60. The molecule has 2 aromatic rings. The first-order valence-electron chi connectivity index (χ1n) is 8.14. The summed E-state index contributed by atoms with van der Waals surface area (Å²) in [4.78, 5) is 12.3. The van der Waals surface area contributed by atoms with Gasteiger partial charge in [0.05, 0.1) is 19.0 Å². The normalized spacial score (nSPS) is 34.5. The molecule has 4 rings (SSSR count). The Kier molecular flexibility index (Phi) is 4.26. The van der Waals surface area contributed by atoms with Gasteiger partial charge in [-0.3, -0.25) is 18.1 Å². The van der Waals surface area contributed by atoms with Gasteiger partial charge in [0.1, 0.15) is 23.4 Å². The van der Waals surface area contributed by atoms with E-state index in [1.807, 2.05) is 6.92 Å². The molecule has 0 spiro atoms. The quantitative estimate of drug-likeness (QED) is 0.608. The van der Waals surface area contributed by atoms with Crippen LogP contribution in [-0.4, -0.2) is 43.9 Å². The number of halogens is 1. The number of nitrogen functional groups attached to an aromatic ring is 1. The predicted octanol–water partition coefficient (Wildman–Crippen LogP) is 2.69. The molecule has 0 saturated carbocycles. The van der Waals surface area contributed by atoms with E-state index in [1.165, 1.54) is 0 Å². The van der Waals surface area contributed by atoms with Crippen LogP contribution in [0.1, 0.15) is 33.4 Å². The second-order valence-electron chi connectivity index (χ2n) is 6.79. The summed E-state index contributed by atoms with van der Waals surface area (Å²) >= 11 is 5.91. The van der Waals surface area contributed by atoms with Crippen molar-refractivity contribution < 1.29 is 22.9 Å². The lowest BCUT2D eigenvalue weighted by Gasteiger charge is -2.37. The van der Waals surface area contributed by atoms with Crippen molar-refractivity contribution in [3.63, 3.8) is 0 Å². The Morgan fingerprint density at radius 3 is 3.00 bits per heavy atom. The molecule has 4 heterocycles. The van der Waals surface area contributed by atoms with E-state index >= 15 is 0 Å². The first-order chi connectivity index (χ1) is 12.2. The molecule has 0 unspecified atom stereocenters. The largest absolute Gasteiger partial charge is 0.475 e. The third kappa shape index (κ3) is 3.00. The van der Waals surface area contributed by atoms with Crippen LogP contribution in [0.2, 0.25) is 5.28 Å². The Morgan fingerprint density at radius 1 is 1.50 bits per heavy atom. The molecule has 0 aromatic carbocycles. The number of fused-ring (bicyclic) bond motifs is 2. The Balaban J connectivity index is 1.63. The topological polar surface area (TPSA) is 124 Å². The third-order valence-electron chi connectivity index (χ3n) is 4.34. The Bertz CT molecular complexity index is 907. The highest BCUT2D eigenvalue weighted by atomic mass is 35.5. The maximum absolute atomic E-state index is 12.6. The van der Waals surface area contributed by atoms with Crippen molar-refractivity contribution in [2.75, 3.05) is 12.3 Å². The maximum atomic E-state index is 12.6. The SMILES string of the molecule is CC(C)O[P@]1(=O)OC[C@@]2(C)O[C@@H](n3cnc4c(N)nc(Cl)nc43)C[C@@H]2O1. The van der Waals surface area contributed by atoms with Crippen LogP contribution in [0.3, 0.4) is 0 Å². The van der Waals surface area contributed by atoms with Gasteiger partial charge in [0.2, 0.25) is 5.28 Å². The van der Waals surface area contributed by atoms with Crippen molar-refractivity contribution in [2.24, 2.45) is 0 Å². The number of imidazole rings is 1. The molecule has 0 aliphatic carbocycles. The van der Waals surface area contributed by atoms with Gasteiger partial charge in [-0.1, -0.05) is 0 Å². The van der Waals surface area contributed by atoms with E-state index in [2.05, 4.69) is 15.0 Å². The molecule has 0 amide bonds. The second kappa shape index (κ2) is 6.12. The fraction of sp³-hybridized carbons (Fsp3) is 0.643. The fourth-order valence-electron chi connectivity index (χ4n) is 3.15. The van der Waals surface area contributed by atoms with Crippen LogP contribution in [0.15, 0.2) is 6.33 Å². The number of rotatable bonds is 3. The smallest absolute Gasteiger partial charge is 0.382 e. The van der Waals surface area contributed by atoms with Crippen molar-refractivity contribution in [1.29, 1.82) is 0 Å². The molecule has 2 N–H and O–H groups in total. The standard InChI is InChI=1S/C14H19ClN5O5P/c1-7(2)24-26(21)22-5-14(3)8(25-26)4-9(23-14)20-6-17-10-11(16)18-13(15)19-12(10)20/h6-9H,4-5H2,1-3H3,(H2,16,18,19)/t8-,9+,14+,26-/m0/s1. The van der Waals surface area contributed by atoms with Crippen molar-refractivity contribution >= 4 is 36.4 Å². The molecule has 2 aliphatic rings.